The standard InChI is InChI=1S/C27H31F2N7O2/c1-15(2)26-32-23-21(34(26)3)9-7-19(25(23)35-13-11-16(30)12-14-35)31-27(38)20-8-10-22(37)36(33-20)24-17(28)5-4-6-18(24)29/h4-10,15-16,22,37H,11-14,30H2,1-3H3,(H,31,38). The van der Waals surface area contributed by atoms with E-state index in [0.717, 1.165) is 52.5 Å². The van der Waals surface area contributed by atoms with Crippen LogP contribution >= 0.6 is 0 Å². The van der Waals surface area contributed by atoms with Gasteiger partial charge in [0.25, 0.3) is 5.91 Å². The lowest BCUT2D eigenvalue weighted by atomic mass is 10.0. The summed E-state index contributed by atoms with van der Waals surface area (Å²) >= 11 is 0. The van der Waals surface area contributed by atoms with E-state index >= 15 is 0 Å². The molecule has 3 heterocycles. The van der Waals surface area contributed by atoms with Crippen molar-refractivity contribution in [3.8, 4) is 0 Å². The highest BCUT2D eigenvalue weighted by atomic mass is 19.1. The Morgan fingerprint density at radius 3 is 2.47 bits per heavy atom. The van der Waals surface area contributed by atoms with Gasteiger partial charge in [0.05, 0.1) is 16.9 Å². The number of nitrogens with zero attached hydrogens (tertiary/aromatic N) is 5. The molecule has 0 saturated carbocycles. The highest BCUT2D eigenvalue weighted by molar-refractivity contribution is 6.47. The molecule has 0 spiro atoms. The molecule has 2 aromatic carbocycles. The van der Waals surface area contributed by atoms with Gasteiger partial charge in [0.15, 0.2) is 17.9 Å². The minimum absolute atomic E-state index is 0.117. The number of carbonyl (C=O) groups excluding carboxylic acids is 1. The summed E-state index contributed by atoms with van der Waals surface area (Å²) in [5, 5.41) is 18.1. The SMILES string of the molecule is CC(C)c1nc2c(N3CCC(N)CC3)c(NC(=O)C3=NN(c4c(F)cccc4F)C(O)C=C3)ccc2n1C. The van der Waals surface area contributed by atoms with Gasteiger partial charge in [-0.2, -0.15) is 5.10 Å². The number of anilines is 3. The number of hydrogen-bond acceptors (Lipinski definition) is 7. The molecule has 3 aromatic rings. The molecule has 11 heteroatoms. The molecule has 200 valence electrons. The maximum Gasteiger partial charge on any atom is 0.276 e. The Balaban J connectivity index is 1.53. The molecule has 9 nitrogen and oxygen atoms in total. The molecule has 38 heavy (non-hydrogen) atoms. The predicted molar refractivity (Wildman–Crippen MR) is 144 cm³/mol. The fourth-order valence-corrected chi connectivity index (χ4v) is 4.99. The lowest BCUT2D eigenvalue weighted by Gasteiger charge is -2.33. The van der Waals surface area contributed by atoms with Crippen LogP contribution in [0, 0.1) is 11.6 Å². The smallest absolute Gasteiger partial charge is 0.276 e. The number of para-hydroxylation sites is 1. The van der Waals surface area contributed by atoms with Crippen LogP contribution in [0.4, 0.5) is 25.8 Å². The van der Waals surface area contributed by atoms with Gasteiger partial charge in [-0.25, -0.2) is 18.8 Å². The van der Waals surface area contributed by atoms with Gasteiger partial charge in [-0.05, 0) is 49.3 Å². The van der Waals surface area contributed by atoms with Crippen LogP contribution in [0.1, 0.15) is 38.4 Å². The van der Waals surface area contributed by atoms with Crippen LogP contribution in [-0.4, -0.2) is 51.6 Å². The average Bonchev–Trinajstić information content (AvgIpc) is 3.22. The third kappa shape index (κ3) is 4.63. The summed E-state index contributed by atoms with van der Waals surface area (Å²) in [6.07, 6.45) is 2.75. The number of hydrazone groups is 1. The Labute approximate surface area is 219 Å². The van der Waals surface area contributed by atoms with Crippen LogP contribution in [0.5, 0.6) is 0 Å². The fourth-order valence-electron chi connectivity index (χ4n) is 4.99. The van der Waals surface area contributed by atoms with Gasteiger partial charge in [0.1, 0.15) is 22.7 Å². The van der Waals surface area contributed by atoms with E-state index in [9.17, 15) is 18.7 Å². The molecule has 1 saturated heterocycles. The first-order valence-electron chi connectivity index (χ1n) is 12.6. The Hall–Kier alpha value is -3.83. The summed E-state index contributed by atoms with van der Waals surface area (Å²) in [7, 11) is 1.97. The Kier molecular flexibility index (Phi) is 6.89. The molecule has 1 fully saturated rings. The zero-order chi connectivity index (χ0) is 27.1. The van der Waals surface area contributed by atoms with Crippen molar-refractivity contribution in [2.45, 2.75) is 44.9 Å². The van der Waals surface area contributed by atoms with Crippen LogP contribution in [-0.2, 0) is 11.8 Å². The first-order chi connectivity index (χ1) is 18.2. The van der Waals surface area contributed by atoms with Crippen molar-refractivity contribution in [3.63, 3.8) is 0 Å². The molecular formula is C27H31F2N7O2. The number of aryl methyl sites for hydroxylation is 1. The number of benzene rings is 2. The number of imidazole rings is 1. The fraction of sp³-hybridized carbons (Fsp3) is 0.370. The molecule has 1 unspecified atom stereocenters. The third-order valence-corrected chi connectivity index (χ3v) is 6.97. The van der Waals surface area contributed by atoms with E-state index in [1.54, 1.807) is 0 Å². The van der Waals surface area contributed by atoms with Crippen LogP contribution in [0.3, 0.4) is 0 Å². The zero-order valence-corrected chi connectivity index (χ0v) is 21.5. The maximum absolute atomic E-state index is 14.4. The monoisotopic (exact) mass is 523 g/mol. The molecule has 1 aromatic heterocycles. The second kappa shape index (κ2) is 10.1. The van der Waals surface area contributed by atoms with Crippen LogP contribution < -0.4 is 21.0 Å². The minimum Gasteiger partial charge on any atom is -0.368 e. The molecule has 0 aliphatic carbocycles. The van der Waals surface area contributed by atoms with Gasteiger partial charge >= 0.3 is 0 Å². The van der Waals surface area contributed by atoms with E-state index in [-0.39, 0.29) is 17.7 Å². The molecule has 1 atom stereocenters. The van der Waals surface area contributed by atoms with Crippen molar-refractivity contribution in [2.75, 3.05) is 28.3 Å². The second-order valence-corrected chi connectivity index (χ2v) is 9.96. The highest BCUT2D eigenvalue weighted by Crippen LogP contribution is 2.37. The number of aliphatic hydroxyl groups excluding tert-OH is 1. The van der Waals surface area contributed by atoms with Crippen LogP contribution in [0.15, 0.2) is 47.6 Å². The summed E-state index contributed by atoms with van der Waals surface area (Å²) in [5.41, 5.74) is 8.53. The number of piperidine rings is 1. The number of fused-ring (bicyclic) bond motifs is 1. The Bertz CT molecular complexity index is 1420. The predicted octanol–water partition coefficient (Wildman–Crippen LogP) is 3.59. The average molecular weight is 524 g/mol. The van der Waals surface area contributed by atoms with E-state index in [1.807, 2.05) is 19.2 Å². The Morgan fingerprint density at radius 1 is 1.13 bits per heavy atom. The number of hydrogen-bond donors (Lipinski definition) is 3. The topological polar surface area (TPSA) is 112 Å². The zero-order valence-electron chi connectivity index (χ0n) is 21.5. The molecule has 1 amide bonds. The number of nitrogens with one attached hydrogen (secondary N) is 1. The number of nitrogens with two attached hydrogens (primary N) is 1. The van der Waals surface area contributed by atoms with E-state index in [2.05, 4.69) is 33.7 Å². The van der Waals surface area contributed by atoms with Crippen molar-refractivity contribution in [1.82, 2.24) is 9.55 Å². The summed E-state index contributed by atoms with van der Waals surface area (Å²) in [6, 6.07) is 7.19. The maximum atomic E-state index is 14.4. The van der Waals surface area contributed by atoms with Crippen LogP contribution in [0.25, 0.3) is 11.0 Å². The van der Waals surface area contributed by atoms with Gasteiger partial charge in [-0.3, -0.25) is 4.79 Å². The second-order valence-electron chi connectivity index (χ2n) is 9.96. The molecule has 4 N–H and O–H groups in total. The van der Waals surface area contributed by atoms with Crippen molar-refractivity contribution in [1.29, 1.82) is 0 Å². The Morgan fingerprint density at radius 2 is 1.82 bits per heavy atom. The van der Waals surface area contributed by atoms with Crippen molar-refractivity contribution in [2.24, 2.45) is 17.9 Å². The van der Waals surface area contributed by atoms with Gasteiger partial charge in [0, 0.05) is 32.1 Å². The number of amides is 1. The number of rotatable bonds is 5. The molecular weight excluding hydrogens is 492 g/mol. The largest absolute Gasteiger partial charge is 0.368 e. The lowest BCUT2D eigenvalue weighted by Crippen LogP contribution is -2.40. The first-order valence-corrected chi connectivity index (χ1v) is 12.6. The summed E-state index contributed by atoms with van der Waals surface area (Å²) in [4.78, 5) is 20.5. The number of aromatic nitrogens is 2. The molecule has 0 bridgehead atoms. The van der Waals surface area contributed by atoms with E-state index in [0.29, 0.717) is 18.8 Å². The molecule has 2 aliphatic heterocycles. The normalized spacial score (nSPS) is 18.4. The van der Waals surface area contributed by atoms with Gasteiger partial charge in [-0.15, -0.1) is 0 Å². The minimum atomic E-state index is -1.44. The van der Waals surface area contributed by atoms with Gasteiger partial charge in [0.2, 0.25) is 0 Å². The van der Waals surface area contributed by atoms with E-state index < -0.39 is 29.5 Å². The molecule has 5 rings (SSSR count). The highest BCUT2D eigenvalue weighted by Gasteiger charge is 2.28. The number of halogens is 2. The summed E-state index contributed by atoms with van der Waals surface area (Å²) < 4.78 is 30.9. The molecule has 2 aliphatic rings. The summed E-state index contributed by atoms with van der Waals surface area (Å²) in [6.45, 7) is 5.58. The van der Waals surface area contributed by atoms with E-state index in [4.69, 9.17) is 10.7 Å². The summed E-state index contributed by atoms with van der Waals surface area (Å²) in [5.74, 6) is -1.28. The number of carbonyl (C=O) groups is 1. The van der Waals surface area contributed by atoms with Gasteiger partial charge in [-0.1, -0.05) is 19.9 Å². The first kappa shape index (κ1) is 25.8. The molecule has 0 radical (unpaired) electrons. The van der Waals surface area contributed by atoms with Crippen molar-refractivity contribution in [3.05, 3.63) is 59.9 Å². The van der Waals surface area contributed by atoms with Gasteiger partial charge < -0.3 is 25.6 Å². The number of aliphatic hydroxyl groups is 1. The van der Waals surface area contributed by atoms with Crippen molar-refractivity contribution >= 4 is 39.7 Å². The lowest BCUT2D eigenvalue weighted by molar-refractivity contribution is -0.110. The quantitative estimate of drug-likeness (QED) is 0.471. The van der Waals surface area contributed by atoms with Crippen molar-refractivity contribution < 1.29 is 18.7 Å². The van der Waals surface area contributed by atoms with E-state index in [1.165, 1.54) is 18.2 Å². The van der Waals surface area contributed by atoms with Crippen LogP contribution in [0.2, 0.25) is 0 Å². The third-order valence-electron chi connectivity index (χ3n) is 6.97.